The molecule has 0 bridgehead atoms. The van der Waals surface area contributed by atoms with Crippen molar-refractivity contribution in [1.82, 2.24) is 4.90 Å². The lowest BCUT2D eigenvalue weighted by molar-refractivity contribution is 0.0952. The summed E-state index contributed by atoms with van der Waals surface area (Å²) in [6.45, 7) is 17.7. The second-order valence-electron chi connectivity index (χ2n) is 12.4. The fourth-order valence-electron chi connectivity index (χ4n) is 5.56. The Balaban J connectivity index is 0.00000456. The number of likely N-dealkylation sites (tertiary alicyclic amines) is 1. The molecule has 1 aliphatic heterocycles. The molecule has 0 aliphatic carbocycles. The SMILES string of the molecule is Br.CCC1(CC)CN(CC(=O)c2cc(C(C)(C)C)c(O)c(C(C)(C)C)c2)C(=N)C1Cc1ccccc1. The van der Waals surface area contributed by atoms with Gasteiger partial charge in [0, 0.05) is 29.2 Å². The van der Waals surface area contributed by atoms with E-state index in [-0.39, 0.29) is 57.2 Å². The summed E-state index contributed by atoms with van der Waals surface area (Å²) in [7, 11) is 0. The van der Waals surface area contributed by atoms with Crippen molar-refractivity contribution in [2.24, 2.45) is 11.3 Å². The highest BCUT2D eigenvalue weighted by Gasteiger charge is 2.47. The molecule has 2 N–H and O–H groups in total. The van der Waals surface area contributed by atoms with E-state index in [1.807, 2.05) is 23.1 Å². The van der Waals surface area contributed by atoms with Crippen LogP contribution in [-0.2, 0) is 17.3 Å². The van der Waals surface area contributed by atoms with Crippen LogP contribution in [0.25, 0.3) is 0 Å². The Hall–Kier alpha value is -2.14. The lowest BCUT2D eigenvalue weighted by Crippen LogP contribution is -2.33. The summed E-state index contributed by atoms with van der Waals surface area (Å²) >= 11 is 0. The molecule has 0 radical (unpaired) electrons. The molecule has 1 fully saturated rings. The minimum absolute atomic E-state index is 0. The van der Waals surface area contributed by atoms with Crippen LogP contribution in [0.2, 0.25) is 0 Å². The number of nitrogens with zero attached hydrogens (tertiary/aromatic N) is 1. The predicted octanol–water partition coefficient (Wildman–Crippen LogP) is 7.71. The molecule has 198 valence electrons. The van der Waals surface area contributed by atoms with Crippen LogP contribution >= 0.6 is 17.0 Å². The lowest BCUT2D eigenvalue weighted by atomic mass is 9.71. The Kier molecular flexibility index (Phi) is 9.26. The summed E-state index contributed by atoms with van der Waals surface area (Å²) in [4.78, 5) is 15.7. The minimum atomic E-state index is -0.291. The highest BCUT2D eigenvalue weighted by molar-refractivity contribution is 8.93. The maximum atomic E-state index is 13.6. The first-order chi connectivity index (χ1) is 16.2. The Bertz CT molecular complexity index is 1040. The molecule has 0 aromatic heterocycles. The highest BCUT2D eigenvalue weighted by atomic mass is 79.9. The van der Waals surface area contributed by atoms with Crippen LogP contribution < -0.4 is 0 Å². The normalized spacial score (nSPS) is 17.7. The van der Waals surface area contributed by atoms with Gasteiger partial charge in [0.25, 0.3) is 0 Å². The minimum Gasteiger partial charge on any atom is -0.507 e. The number of hydrogen-bond acceptors (Lipinski definition) is 3. The molecule has 2 aromatic rings. The molecule has 2 aromatic carbocycles. The molecule has 1 atom stereocenters. The first kappa shape index (κ1) is 30.1. The molecular weight excluding hydrogens is 512 g/mol. The molecule has 36 heavy (non-hydrogen) atoms. The summed E-state index contributed by atoms with van der Waals surface area (Å²) < 4.78 is 0. The zero-order valence-corrected chi connectivity index (χ0v) is 25.1. The molecule has 1 unspecified atom stereocenters. The van der Waals surface area contributed by atoms with Crippen molar-refractivity contribution in [3.63, 3.8) is 0 Å². The van der Waals surface area contributed by atoms with Crippen molar-refractivity contribution in [1.29, 1.82) is 5.41 Å². The fourth-order valence-corrected chi connectivity index (χ4v) is 5.56. The second-order valence-corrected chi connectivity index (χ2v) is 12.4. The topological polar surface area (TPSA) is 64.4 Å². The number of phenolic OH excluding ortho intramolecular Hbond substituents is 1. The molecule has 1 heterocycles. The Morgan fingerprint density at radius 3 is 1.94 bits per heavy atom. The maximum Gasteiger partial charge on any atom is 0.182 e. The van der Waals surface area contributed by atoms with Crippen LogP contribution in [0, 0.1) is 16.7 Å². The van der Waals surface area contributed by atoms with E-state index in [0.717, 1.165) is 36.9 Å². The van der Waals surface area contributed by atoms with Gasteiger partial charge in [0.05, 0.1) is 6.54 Å². The van der Waals surface area contributed by atoms with Crippen molar-refractivity contribution in [3.8, 4) is 5.75 Å². The summed E-state index contributed by atoms with van der Waals surface area (Å²) in [6, 6.07) is 14.1. The average Bonchev–Trinajstić information content (AvgIpc) is 3.04. The fraction of sp³-hybridized carbons (Fsp3) is 0.548. The molecule has 3 rings (SSSR count). The van der Waals surface area contributed by atoms with Crippen molar-refractivity contribution in [3.05, 3.63) is 64.7 Å². The number of carbonyl (C=O) groups is 1. The van der Waals surface area contributed by atoms with Crippen molar-refractivity contribution in [2.45, 2.75) is 85.5 Å². The number of hydrogen-bond donors (Lipinski definition) is 2. The van der Waals surface area contributed by atoms with Gasteiger partial charge in [0.1, 0.15) is 11.6 Å². The first-order valence-electron chi connectivity index (χ1n) is 13.0. The number of benzene rings is 2. The Morgan fingerprint density at radius 1 is 1.00 bits per heavy atom. The quantitative estimate of drug-likeness (QED) is 0.343. The van der Waals surface area contributed by atoms with Crippen LogP contribution in [0.4, 0.5) is 0 Å². The molecule has 1 aliphatic rings. The van der Waals surface area contributed by atoms with Gasteiger partial charge in [-0.05, 0) is 53.2 Å². The number of phenols is 1. The smallest absolute Gasteiger partial charge is 0.182 e. The summed E-state index contributed by atoms with van der Waals surface area (Å²) in [6.07, 6.45) is 2.79. The molecule has 0 spiro atoms. The predicted molar refractivity (Wildman–Crippen MR) is 156 cm³/mol. The Labute approximate surface area is 228 Å². The van der Waals surface area contributed by atoms with Gasteiger partial charge < -0.3 is 10.0 Å². The molecular formula is C31H45BrN2O2. The van der Waals surface area contributed by atoms with Gasteiger partial charge in [-0.15, -0.1) is 17.0 Å². The van der Waals surface area contributed by atoms with Crippen LogP contribution in [0.3, 0.4) is 0 Å². The van der Waals surface area contributed by atoms with Gasteiger partial charge >= 0.3 is 0 Å². The van der Waals surface area contributed by atoms with E-state index < -0.39 is 0 Å². The van der Waals surface area contributed by atoms with Crippen LogP contribution in [0.15, 0.2) is 42.5 Å². The number of aromatic hydroxyl groups is 1. The molecule has 5 heteroatoms. The number of carbonyl (C=O) groups excluding carboxylic acids is 1. The highest BCUT2D eigenvalue weighted by Crippen LogP contribution is 2.45. The van der Waals surface area contributed by atoms with Gasteiger partial charge in [-0.1, -0.05) is 85.7 Å². The number of Topliss-reactive ketones (excluding diaryl/α,β-unsaturated/α-hetero) is 1. The van der Waals surface area contributed by atoms with E-state index >= 15 is 0 Å². The Morgan fingerprint density at radius 2 is 1.50 bits per heavy atom. The largest absolute Gasteiger partial charge is 0.507 e. The third kappa shape index (κ3) is 6.04. The van der Waals surface area contributed by atoms with Crippen LogP contribution in [-0.4, -0.2) is 34.7 Å². The molecule has 4 nitrogen and oxygen atoms in total. The zero-order valence-electron chi connectivity index (χ0n) is 23.4. The second kappa shape index (κ2) is 11.1. The van der Waals surface area contributed by atoms with Crippen LogP contribution in [0.1, 0.15) is 95.3 Å². The van der Waals surface area contributed by atoms with E-state index in [4.69, 9.17) is 5.41 Å². The monoisotopic (exact) mass is 556 g/mol. The van der Waals surface area contributed by atoms with Crippen molar-refractivity contribution >= 4 is 28.6 Å². The third-order valence-electron chi connectivity index (χ3n) is 7.99. The zero-order chi connectivity index (χ0) is 26.2. The summed E-state index contributed by atoms with van der Waals surface area (Å²) in [5.74, 6) is 0.973. The first-order valence-corrected chi connectivity index (χ1v) is 13.0. The number of ketones is 1. The van der Waals surface area contributed by atoms with Crippen molar-refractivity contribution in [2.75, 3.05) is 13.1 Å². The van der Waals surface area contributed by atoms with E-state index in [1.54, 1.807) is 0 Å². The number of rotatable bonds is 7. The molecule has 1 saturated heterocycles. The number of amidine groups is 1. The van der Waals surface area contributed by atoms with Gasteiger partial charge in [0.2, 0.25) is 0 Å². The third-order valence-corrected chi connectivity index (χ3v) is 7.99. The van der Waals surface area contributed by atoms with Gasteiger partial charge in [0.15, 0.2) is 5.78 Å². The number of halogens is 1. The van der Waals surface area contributed by atoms with Crippen molar-refractivity contribution < 1.29 is 9.90 Å². The molecule has 0 amide bonds. The summed E-state index contributed by atoms with van der Waals surface area (Å²) in [5, 5.41) is 20.1. The number of nitrogens with one attached hydrogen (secondary N) is 1. The molecule has 0 saturated carbocycles. The standard InChI is InChI=1S/C31H44N2O2.BrH/c1-9-31(10-2)20-33(28(32)25(31)16-21-14-12-11-13-15-21)19-26(34)22-17-23(29(3,4)5)27(35)24(18-22)30(6,7)8;/h11-15,17-18,25,32,35H,9-10,16,19-20H2,1-8H3;1H. The lowest BCUT2D eigenvalue weighted by Gasteiger charge is -2.32. The van der Waals surface area contributed by atoms with E-state index in [9.17, 15) is 9.90 Å². The van der Waals surface area contributed by atoms with E-state index in [2.05, 4.69) is 79.7 Å². The van der Waals surface area contributed by atoms with E-state index in [1.165, 1.54) is 5.56 Å². The average molecular weight is 558 g/mol. The van der Waals surface area contributed by atoms with Gasteiger partial charge in [-0.3, -0.25) is 10.2 Å². The van der Waals surface area contributed by atoms with Crippen LogP contribution in [0.5, 0.6) is 5.75 Å². The maximum absolute atomic E-state index is 13.6. The summed E-state index contributed by atoms with van der Waals surface area (Å²) in [5.41, 5.74) is 2.86. The van der Waals surface area contributed by atoms with Gasteiger partial charge in [-0.2, -0.15) is 0 Å². The van der Waals surface area contributed by atoms with E-state index in [0.29, 0.717) is 11.4 Å². The van der Waals surface area contributed by atoms with Gasteiger partial charge in [-0.25, -0.2) is 0 Å².